The van der Waals surface area contributed by atoms with Crippen LogP contribution in [0, 0.1) is 5.92 Å². The molecule has 3 aliphatic rings. The van der Waals surface area contributed by atoms with Crippen LogP contribution in [0.4, 0.5) is 11.4 Å². The molecule has 4 rings (SSSR count). The molecule has 0 aromatic heterocycles. The van der Waals surface area contributed by atoms with Crippen molar-refractivity contribution < 1.29 is 27.5 Å². The smallest absolute Gasteiger partial charge is 0.243 e. The fraction of sp³-hybridized carbons (Fsp3) is 0.652. The van der Waals surface area contributed by atoms with Crippen LogP contribution in [0.25, 0.3) is 0 Å². The summed E-state index contributed by atoms with van der Waals surface area (Å²) in [6, 6.07) is 4.75. The quantitative estimate of drug-likeness (QED) is 0.562. The van der Waals surface area contributed by atoms with Gasteiger partial charge in [0.05, 0.1) is 41.5 Å². The zero-order valence-electron chi connectivity index (χ0n) is 19.8. The summed E-state index contributed by atoms with van der Waals surface area (Å²) in [5.74, 6) is -0.825. The van der Waals surface area contributed by atoms with Gasteiger partial charge in [-0.3, -0.25) is 9.59 Å². The van der Waals surface area contributed by atoms with Gasteiger partial charge in [-0.1, -0.05) is 0 Å². The van der Waals surface area contributed by atoms with Gasteiger partial charge in [0.2, 0.25) is 21.8 Å². The molecule has 2 atom stereocenters. The average Bonchev–Trinajstić information content (AvgIpc) is 3.48. The summed E-state index contributed by atoms with van der Waals surface area (Å²) in [5, 5.41) is 6.19. The van der Waals surface area contributed by atoms with E-state index in [1.807, 2.05) is 13.8 Å². The van der Waals surface area contributed by atoms with Crippen molar-refractivity contribution in [2.24, 2.45) is 5.92 Å². The summed E-state index contributed by atoms with van der Waals surface area (Å²) in [6.07, 6.45) is 2.18. The van der Waals surface area contributed by atoms with Crippen molar-refractivity contribution >= 4 is 33.2 Å². The first-order valence-corrected chi connectivity index (χ1v) is 13.4. The van der Waals surface area contributed by atoms with Crippen LogP contribution in [-0.2, 0) is 29.1 Å². The molecule has 2 unspecified atom stereocenters. The maximum absolute atomic E-state index is 13.2. The lowest BCUT2D eigenvalue weighted by molar-refractivity contribution is -0.129. The van der Waals surface area contributed by atoms with Gasteiger partial charge >= 0.3 is 0 Å². The van der Waals surface area contributed by atoms with Gasteiger partial charge in [0.1, 0.15) is 0 Å². The molecule has 11 heteroatoms. The van der Waals surface area contributed by atoms with E-state index < -0.39 is 15.9 Å². The fourth-order valence-electron chi connectivity index (χ4n) is 4.55. The SMILES string of the molecule is CC(C)N1CC(C(=O)Nc2cc(S(=O)(=O)N3CCOCC3)ccc2NCC2CCCO2)CC1=O. The Hall–Kier alpha value is -2.21. The number of nitrogens with zero attached hydrogens (tertiary/aromatic N) is 2. The zero-order valence-corrected chi connectivity index (χ0v) is 20.6. The Morgan fingerprint density at radius 3 is 2.59 bits per heavy atom. The summed E-state index contributed by atoms with van der Waals surface area (Å²) in [6.45, 7) is 6.77. The number of nitrogens with one attached hydrogen (secondary N) is 2. The summed E-state index contributed by atoms with van der Waals surface area (Å²) >= 11 is 0. The minimum Gasteiger partial charge on any atom is -0.381 e. The minimum absolute atomic E-state index is 0.0240. The molecule has 0 radical (unpaired) electrons. The monoisotopic (exact) mass is 494 g/mol. The third kappa shape index (κ3) is 5.54. The highest BCUT2D eigenvalue weighted by atomic mass is 32.2. The number of morpholine rings is 1. The van der Waals surface area contributed by atoms with Crippen LogP contribution in [0.3, 0.4) is 0 Å². The van der Waals surface area contributed by atoms with Crippen molar-refractivity contribution in [2.45, 2.75) is 50.2 Å². The maximum atomic E-state index is 13.2. The second-order valence-electron chi connectivity index (χ2n) is 9.27. The van der Waals surface area contributed by atoms with Gasteiger partial charge < -0.3 is 25.0 Å². The molecular formula is C23H34N4O6S. The van der Waals surface area contributed by atoms with Crippen LogP contribution in [0.2, 0.25) is 0 Å². The molecule has 1 aromatic rings. The lowest BCUT2D eigenvalue weighted by Crippen LogP contribution is -2.40. The number of anilines is 2. The molecule has 0 bridgehead atoms. The predicted octanol–water partition coefficient (Wildman–Crippen LogP) is 1.49. The van der Waals surface area contributed by atoms with E-state index in [0.29, 0.717) is 37.7 Å². The highest BCUT2D eigenvalue weighted by Crippen LogP contribution is 2.30. The largest absolute Gasteiger partial charge is 0.381 e. The van der Waals surface area contributed by atoms with Gasteiger partial charge in [0.25, 0.3) is 0 Å². The Balaban J connectivity index is 1.55. The molecule has 3 heterocycles. The number of hydrogen-bond acceptors (Lipinski definition) is 7. The van der Waals surface area contributed by atoms with E-state index >= 15 is 0 Å². The second-order valence-corrected chi connectivity index (χ2v) is 11.2. The van der Waals surface area contributed by atoms with Crippen molar-refractivity contribution in [1.29, 1.82) is 0 Å². The van der Waals surface area contributed by atoms with E-state index in [9.17, 15) is 18.0 Å². The summed E-state index contributed by atoms with van der Waals surface area (Å²) in [4.78, 5) is 27.2. The first kappa shape index (κ1) is 24.9. The molecule has 2 amide bonds. The molecule has 3 aliphatic heterocycles. The number of benzene rings is 1. The molecule has 2 N–H and O–H groups in total. The van der Waals surface area contributed by atoms with Crippen molar-refractivity contribution in [1.82, 2.24) is 9.21 Å². The van der Waals surface area contributed by atoms with Gasteiger partial charge in [-0.15, -0.1) is 0 Å². The van der Waals surface area contributed by atoms with Crippen LogP contribution < -0.4 is 10.6 Å². The summed E-state index contributed by atoms with van der Waals surface area (Å²) in [7, 11) is -3.73. The Morgan fingerprint density at radius 1 is 1.18 bits per heavy atom. The van der Waals surface area contributed by atoms with Gasteiger partial charge in [0.15, 0.2) is 0 Å². The van der Waals surface area contributed by atoms with Crippen molar-refractivity contribution in [3.63, 3.8) is 0 Å². The molecular weight excluding hydrogens is 460 g/mol. The third-order valence-corrected chi connectivity index (χ3v) is 8.45. The Bertz CT molecular complexity index is 1000. The minimum atomic E-state index is -3.73. The lowest BCUT2D eigenvalue weighted by Gasteiger charge is -2.26. The molecule has 0 saturated carbocycles. The van der Waals surface area contributed by atoms with Crippen LogP contribution in [0.1, 0.15) is 33.1 Å². The van der Waals surface area contributed by atoms with Crippen LogP contribution in [-0.4, -0.2) is 87.6 Å². The number of carbonyl (C=O) groups is 2. The van der Waals surface area contributed by atoms with E-state index in [2.05, 4.69) is 10.6 Å². The van der Waals surface area contributed by atoms with Gasteiger partial charge in [-0.2, -0.15) is 4.31 Å². The summed E-state index contributed by atoms with van der Waals surface area (Å²) in [5.41, 5.74) is 1.00. The van der Waals surface area contributed by atoms with Crippen molar-refractivity contribution in [3.05, 3.63) is 18.2 Å². The van der Waals surface area contributed by atoms with Gasteiger partial charge in [-0.25, -0.2) is 8.42 Å². The lowest BCUT2D eigenvalue weighted by atomic mass is 10.1. The van der Waals surface area contributed by atoms with E-state index in [1.165, 1.54) is 10.4 Å². The molecule has 3 saturated heterocycles. The van der Waals surface area contributed by atoms with Crippen molar-refractivity contribution in [3.8, 4) is 0 Å². The molecule has 10 nitrogen and oxygen atoms in total. The number of hydrogen-bond donors (Lipinski definition) is 2. The Morgan fingerprint density at radius 2 is 1.94 bits per heavy atom. The molecule has 188 valence electrons. The third-order valence-electron chi connectivity index (χ3n) is 6.55. The number of carbonyl (C=O) groups excluding carboxylic acids is 2. The topological polar surface area (TPSA) is 117 Å². The second kappa shape index (κ2) is 10.6. The molecule has 3 fully saturated rings. The van der Waals surface area contributed by atoms with Crippen molar-refractivity contribution in [2.75, 3.05) is 56.6 Å². The highest BCUT2D eigenvalue weighted by Gasteiger charge is 2.36. The standard InChI is InChI=1S/C23H34N4O6S/c1-16(2)27-15-17(12-22(27)28)23(29)25-21-13-19(34(30,31)26-7-10-32-11-8-26)5-6-20(21)24-14-18-4-3-9-33-18/h5-6,13,16-18,24H,3-4,7-12,14-15H2,1-2H3,(H,25,29). The number of likely N-dealkylation sites (tertiary alicyclic amines) is 1. The van der Waals surface area contributed by atoms with Gasteiger partial charge in [-0.05, 0) is 44.9 Å². The predicted molar refractivity (Wildman–Crippen MR) is 127 cm³/mol. The number of amides is 2. The molecule has 34 heavy (non-hydrogen) atoms. The maximum Gasteiger partial charge on any atom is 0.243 e. The first-order chi connectivity index (χ1) is 16.3. The number of rotatable bonds is 8. The molecule has 1 aromatic carbocycles. The normalized spacial score (nSPS) is 24.1. The van der Waals surface area contributed by atoms with Crippen LogP contribution in [0.15, 0.2) is 23.1 Å². The van der Waals surface area contributed by atoms with Crippen LogP contribution in [0.5, 0.6) is 0 Å². The average molecular weight is 495 g/mol. The van der Waals surface area contributed by atoms with E-state index in [4.69, 9.17) is 9.47 Å². The van der Waals surface area contributed by atoms with Crippen LogP contribution >= 0.6 is 0 Å². The molecule has 0 aliphatic carbocycles. The number of sulfonamides is 1. The summed E-state index contributed by atoms with van der Waals surface area (Å²) < 4.78 is 38.7. The molecule has 0 spiro atoms. The fourth-order valence-corrected chi connectivity index (χ4v) is 5.98. The van der Waals surface area contributed by atoms with Gasteiger partial charge in [0, 0.05) is 45.2 Å². The van der Waals surface area contributed by atoms with E-state index in [0.717, 1.165) is 19.4 Å². The highest BCUT2D eigenvalue weighted by molar-refractivity contribution is 7.89. The Kier molecular flexibility index (Phi) is 7.76. The Labute approximate surface area is 201 Å². The first-order valence-electron chi connectivity index (χ1n) is 11.9. The number of ether oxygens (including phenoxy) is 2. The van der Waals surface area contributed by atoms with E-state index in [1.54, 1.807) is 17.0 Å². The van der Waals surface area contributed by atoms with E-state index in [-0.39, 0.29) is 48.4 Å². The zero-order chi connectivity index (χ0) is 24.3.